The molecule has 0 bridgehead atoms. The zero-order valence-corrected chi connectivity index (χ0v) is 16.6. The summed E-state index contributed by atoms with van der Waals surface area (Å²) in [5.74, 6) is 0.273. The van der Waals surface area contributed by atoms with Gasteiger partial charge in [-0.2, -0.15) is 18.4 Å². The SMILES string of the molecule is CCNC(=O)COc1ccc(/C=C(/C#N)c2nc3cc(C(F)(F)F)ccc3s2)cc1. The third-order valence-corrected chi connectivity index (χ3v) is 5.07. The average molecular weight is 431 g/mol. The number of benzene rings is 2. The Balaban J connectivity index is 1.80. The first-order chi connectivity index (χ1) is 14.3. The lowest BCUT2D eigenvalue weighted by Gasteiger charge is -2.06. The summed E-state index contributed by atoms with van der Waals surface area (Å²) in [7, 11) is 0. The fraction of sp³-hybridized carbons (Fsp3) is 0.190. The van der Waals surface area contributed by atoms with Gasteiger partial charge in [-0.25, -0.2) is 4.98 Å². The minimum atomic E-state index is -4.45. The third-order valence-electron chi connectivity index (χ3n) is 4.00. The molecule has 0 radical (unpaired) electrons. The Morgan fingerprint density at radius 2 is 2.00 bits per heavy atom. The number of hydrogen-bond donors (Lipinski definition) is 1. The Labute approximate surface area is 174 Å². The number of nitrogens with one attached hydrogen (secondary N) is 1. The molecular formula is C21H16F3N3O2S. The minimum Gasteiger partial charge on any atom is -0.484 e. The number of fused-ring (bicyclic) bond motifs is 1. The van der Waals surface area contributed by atoms with Gasteiger partial charge in [-0.05, 0) is 48.9 Å². The van der Waals surface area contributed by atoms with E-state index in [1.807, 2.05) is 13.0 Å². The Kier molecular flexibility index (Phi) is 6.37. The van der Waals surface area contributed by atoms with Crippen molar-refractivity contribution < 1.29 is 22.7 Å². The van der Waals surface area contributed by atoms with Gasteiger partial charge in [-0.15, -0.1) is 11.3 Å². The van der Waals surface area contributed by atoms with Gasteiger partial charge >= 0.3 is 6.18 Å². The number of aromatic nitrogens is 1. The molecule has 0 unspecified atom stereocenters. The Morgan fingerprint density at radius 3 is 2.63 bits per heavy atom. The normalized spacial score (nSPS) is 11.9. The van der Waals surface area contributed by atoms with Crippen LogP contribution in [-0.4, -0.2) is 24.0 Å². The van der Waals surface area contributed by atoms with Gasteiger partial charge in [0.2, 0.25) is 0 Å². The smallest absolute Gasteiger partial charge is 0.416 e. The molecule has 1 amide bonds. The molecule has 9 heteroatoms. The molecule has 154 valence electrons. The van der Waals surface area contributed by atoms with Gasteiger partial charge in [0.15, 0.2) is 6.61 Å². The predicted octanol–water partition coefficient (Wildman–Crippen LogP) is 4.89. The van der Waals surface area contributed by atoms with Gasteiger partial charge in [0.05, 0.1) is 21.4 Å². The van der Waals surface area contributed by atoms with Crippen molar-refractivity contribution in [3.05, 3.63) is 58.6 Å². The molecule has 0 saturated carbocycles. The number of nitrogens with zero attached hydrogens (tertiary/aromatic N) is 2. The lowest BCUT2D eigenvalue weighted by molar-refractivity contribution is -0.137. The molecule has 30 heavy (non-hydrogen) atoms. The van der Waals surface area contributed by atoms with Gasteiger partial charge in [0, 0.05) is 6.54 Å². The second kappa shape index (κ2) is 8.97. The van der Waals surface area contributed by atoms with E-state index in [-0.39, 0.29) is 23.6 Å². The summed E-state index contributed by atoms with van der Waals surface area (Å²) in [5.41, 5.74) is 0.338. The largest absolute Gasteiger partial charge is 0.484 e. The van der Waals surface area contributed by atoms with Crippen LogP contribution >= 0.6 is 11.3 Å². The van der Waals surface area contributed by atoms with E-state index in [4.69, 9.17) is 4.74 Å². The maximum absolute atomic E-state index is 12.9. The molecule has 0 spiro atoms. The number of ether oxygens (including phenoxy) is 1. The van der Waals surface area contributed by atoms with Gasteiger partial charge < -0.3 is 10.1 Å². The Bertz CT molecular complexity index is 1130. The van der Waals surface area contributed by atoms with E-state index in [9.17, 15) is 23.2 Å². The van der Waals surface area contributed by atoms with E-state index < -0.39 is 11.7 Å². The van der Waals surface area contributed by atoms with Crippen molar-refractivity contribution in [3.8, 4) is 11.8 Å². The van der Waals surface area contributed by atoms with Crippen molar-refractivity contribution in [1.29, 1.82) is 5.26 Å². The number of likely N-dealkylation sites (N-methyl/N-ethyl adjacent to an activating group) is 1. The van der Waals surface area contributed by atoms with Crippen LogP contribution in [0.3, 0.4) is 0 Å². The zero-order valence-electron chi connectivity index (χ0n) is 15.8. The van der Waals surface area contributed by atoms with E-state index >= 15 is 0 Å². The molecule has 5 nitrogen and oxygen atoms in total. The van der Waals surface area contributed by atoms with E-state index in [1.165, 1.54) is 6.07 Å². The topological polar surface area (TPSA) is 75.0 Å². The molecule has 3 aromatic rings. The summed E-state index contributed by atoms with van der Waals surface area (Å²) in [6.07, 6.45) is -2.86. The molecule has 0 atom stereocenters. The quantitative estimate of drug-likeness (QED) is 0.564. The van der Waals surface area contributed by atoms with Gasteiger partial charge in [0.1, 0.15) is 16.8 Å². The van der Waals surface area contributed by atoms with Crippen LogP contribution in [0.2, 0.25) is 0 Å². The van der Waals surface area contributed by atoms with Crippen molar-refractivity contribution in [2.24, 2.45) is 0 Å². The Hall–Kier alpha value is -3.38. The van der Waals surface area contributed by atoms with E-state index in [2.05, 4.69) is 10.3 Å². The van der Waals surface area contributed by atoms with E-state index in [0.717, 1.165) is 23.5 Å². The molecule has 0 saturated heterocycles. The highest BCUT2D eigenvalue weighted by Gasteiger charge is 2.30. The number of thiazole rings is 1. The van der Waals surface area contributed by atoms with Crippen molar-refractivity contribution in [3.63, 3.8) is 0 Å². The van der Waals surface area contributed by atoms with Crippen LogP contribution in [0, 0.1) is 11.3 Å². The van der Waals surface area contributed by atoms with Crippen LogP contribution in [0.15, 0.2) is 42.5 Å². The lowest BCUT2D eigenvalue weighted by Crippen LogP contribution is -2.28. The zero-order chi connectivity index (χ0) is 21.7. The first kappa shape index (κ1) is 21.3. The summed E-state index contributed by atoms with van der Waals surface area (Å²) < 4.78 is 44.6. The summed E-state index contributed by atoms with van der Waals surface area (Å²) >= 11 is 1.15. The number of amides is 1. The molecule has 1 aromatic heterocycles. The summed E-state index contributed by atoms with van der Waals surface area (Å²) in [5, 5.41) is 12.5. The van der Waals surface area contributed by atoms with Gasteiger partial charge in [-0.1, -0.05) is 12.1 Å². The van der Waals surface area contributed by atoms with Gasteiger partial charge in [0.25, 0.3) is 5.91 Å². The average Bonchev–Trinajstić information content (AvgIpc) is 3.14. The monoisotopic (exact) mass is 431 g/mol. The molecule has 2 aromatic carbocycles. The molecule has 0 aliphatic rings. The number of nitriles is 1. The molecule has 1 N–H and O–H groups in total. The second-order valence-electron chi connectivity index (χ2n) is 6.18. The minimum absolute atomic E-state index is 0.0991. The first-order valence-electron chi connectivity index (χ1n) is 8.89. The molecule has 1 heterocycles. The number of carbonyl (C=O) groups is 1. The molecule has 0 fully saturated rings. The van der Waals surface area contributed by atoms with E-state index in [0.29, 0.717) is 27.6 Å². The van der Waals surface area contributed by atoms with Crippen molar-refractivity contribution in [2.45, 2.75) is 13.1 Å². The number of carbonyl (C=O) groups excluding carboxylic acids is 1. The first-order valence-corrected chi connectivity index (χ1v) is 9.71. The number of rotatable bonds is 6. The molecule has 0 aliphatic carbocycles. The summed E-state index contributed by atoms with van der Waals surface area (Å²) in [4.78, 5) is 15.6. The summed E-state index contributed by atoms with van der Waals surface area (Å²) in [6, 6.07) is 12.1. The van der Waals surface area contributed by atoms with Crippen molar-refractivity contribution in [1.82, 2.24) is 10.3 Å². The van der Waals surface area contributed by atoms with Crippen molar-refractivity contribution in [2.75, 3.05) is 13.2 Å². The lowest BCUT2D eigenvalue weighted by atomic mass is 10.1. The number of alkyl halides is 3. The standard InChI is InChI=1S/C21H16F3N3O2S/c1-2-26-19(28)12-29-16-6-3-13(4-7-16)9-14(11-25)20-27-17-10-15(21(22,23)24)5-8-18(17)30-20/h3-10H,2,12H2,1H3,(H,26,28)/b14-9-. The van der Waals surface area contributed by atoms with E-state index in [1.54, 1.807) is 30.3 Å². The number of allylic oxidation sites excluding steroid dienone is 1. The third kappa shape index (κ3) is 5.15. The van der Waals surface area contributed by atoms with Crippen LogP contribution in [0.25, 0.3) is 21.9 Å². The van der Waals surface area contributed by atoms with Crippen LogP contribution in [0.5, 0.6) is 5.75 Å². The fourth-order valence-electron chi connectivity index (χ4n) is 2.58. The van der Waals surface area contributed by atoms with Crippen molar-refractivity contribution >= 4 is 39.1 Å². The predicted molar refractivity (Wildman–Crippen MR) is 109 cm³/mol. The molecule has 3 rings (SSSR count). The highest BCUT2D eigenvalue weighted by Crippen LogP contribution is 2.34. The maximum Gasteiger partial charge on any atom is 0.416 e. The molecule has 0 aliphatic heterocycles. The van der Waals surface area contributed by atoms with Gasteiger partial charge in [-0.3, -0.25) is 4.79 Å². The van der Waals surface area contributed by atoms with Crippen LogP contribution < -0.4 is 10.1 Å². The van der Waals surface area contributed by atoms with Crippen LogP contribution in [0.1, 0.15) is 23.1 Å². The summed E-state index contributed by atoms with van der Waals surface area (Å²) in [6.45, 7) is 2.23. The highest BCUT2D eigenvalue weighted by atomic mass is 32.1. The van der Waals surface area contributed by atoms with Crippen LogP contribution in [0.4, 0.5) is 13.2 Å². The number of halogens is 3. The maximum atomic E-state index is 12.9. The number of hydrogen-bond acceptors (Lipinski definition) is 5. The Morgan fingerprint density at radius 1 is 1.27 bits per heavy atom. The second-order valence-corrected chi connectivity index (χ2v) is 7.21. The highest BCUT2D eigenvalue weighted by molar-refractivity contribution is 7.19. The van der Waals surface area contributed by atoms with Crippen LogP contribution in [-0.2, 0) is 11.0 Å². The fourth-order valence-corrected chi connectivity index (χ4v) is 3.50. The molecular weight excluding hydrogens is 415 g/mol.